The third kappa shape index (κ3) is 6.71. The molecule has 0 aliphatic heterocycles. The van der Waals surface area contributed by atoms with Crippen LogP contribution < -0.4 is 5.73 Å². The molecule has 7 heteroatoms. The van der Waals surface area contributed by atoms with Gasteiger partial charge in [-0.2, -0.15) is 13.2 Å². The fourth-order valence-electron chi connectivity index (χ4n) is 0.448. The van der Waals surface area contributed by atoms with Gasteiger partial charge in [-0.25, -0.2) is 8.78 Å². The topological polar surface area (TPSA) is 35.2 Å². The molecule has 0 saturated carbocycles. The summed E-state index contributed by atoms with van der Waals surface area (Å²) in [6.07, 6.45) is -4.51. The Bertz CT molecular complexity index is 152. The number of halogens is 5. The number of hydrogen-bond donors (Lipinski definition) is 1. The Kier molecular flexibility index (Phi) is 4.05. The first-order chi connectivity index (χ1) is 5.63. The third-order valence-electron chi connectivity index (χ3n) is 1.21. The largest absolute Gasteiger partial charge is 0.411 e. The lowest BCUT2D eigenvalue weighted by Gasteiger charge is -2.19. The zero-order valence-electron chi connectivity index (χ0n) is 6.87. The average Bonchev–Trinajstić information content (AvgIpc) is 1.82. The van der Waals surface area contributed by atoms with Gasteiger partial charge in [0.1, 0.15) is 6.61 Å². The normalized spacial score (nSPS) is 15.9. The van der Waals surface area contributed by atoms with E-state index in [1.54, 1.807) is 0 Å². The summed E-state index contributed by atoms with van der Waals surface area (Å²) in [5.41, 5.74) is 4.84. The van der Waals surface area contributed by atoms with E-state index in [9.17, 15) is 22.0 Å². The maximum atomic E-state index is 12.2. The summed E-state index contributed by atoms with van der Waals surface area (Å²) < 4.78 is 62.8. The van der Waals surface area contributed by atoms with Gasteiger partial charge in [-0.05, 0) is 0 Å². The fraction of sp³-hybridized carbons (Fsp3) is 1.00. The van der Waals surface area contributed by atoms with Crippen LogP contribution in [0.15, 0.2) is 0 Å². The molecule has 0 bridgehead atoms. The average molecular weight is 207 g/mol. The van der Waals surface area contributed by atoms with Crippen molar-refractivity contribution in [3.05, 3.63) is 0 Å². The van der Waals surface area contributed by atoms with Crippen LogP contribution in [0.25, 0.3) is 0 Å². The summed E-state index contributed by atoms with van der Waals surface area (Å²) in [4.78, 5) is 0. The Morgan fingerprint density at radius 2 is 1.69 bits per heavy atom. The van der Waals surface area contributed by atoms with Crippen molar-refractivity contribution in [2.24, 2.45) is 5.73 Å². The zero-order chi connectivity index (χ0) is 10.7. The van der Waals surface area contributed by atoms with Crippen molar-refractivity contribution in [3.63, 3.8) is 0 Å². The molecule has 2 nitrogen and oxygen atoms in total. The lowest BCUT2D eigenvalue weighted by molar-refractivity contribution is -0.179. The van der Waals surface area contributed by atoms with Crippen LogP contribution in [-0.2, 0) is 4.74 Å². The molecular formula is C6H10F5NO. The number of ether oxygens (including phenoxy) is 1. The lowest BCUT2D eigenvalue weighted by Crippen LogP contribution is -2.42. The van der Waals surface area contributed by atoms with Gasteiger partial charge in [0, 0.05) is 6.92 Å². The molecule has 0 radical (unpaired) electrons. The van der Waals surface area contributed by atoms with Gasteiger partial charge in [-0.3, -0.25) is 0 Å². The van der Waals surface area contributed by atoms with Crippen LogP contribution in [0.5, 0.6) is 0 Å². The van der Waals surface area contributed by atoms with Gasteiger partial charge in [0.15, 0.2) is 0 Å². The van der Waals surface area contributed by atoms with E-state index in [0.29, 0.717) is 6.92 Å². The van der Waals surface area contributed by atoms with Gasteiger partial charge < -0.3 is 10.5 Å². The van der Waals surface area contributed by atoms with Crippen LogP contribution in [-0.4, -0.2) is 31.4 Å². The maximum absolute atomic E-state index is 12.2. The molecule has 0 aliphatic rings. The molecule has 2 N–H and O–H groups in total. The number of hydrogen-bond acceptors (Lipinski definition) is 2. The summed E-state index contributed by atoms with van der Waals surface area (Å²) in [6.45, 7) is -1.85. The van der Waals surface area contributed by atoms with Crippen molar-refractivity contribution in [2.75, 3.05) is 13.2 Å². The van der Waals surface area contributed by atoms with E-state index in [2.05, 4.69) is 4.74 Å². The molecule has 0 amide bonds. The summed E-state index contributed by atoms with van der Waals surface area (Å²) in [7, 11) is 0. The fourth-order valence-corrected chi connectivity index (χ4v) is 0.448. The highest BCUT2D eigenvalue weighted by Crippen LogP contribution is 2.18. The van der Waals surface area contributed by atoms with Gasteiger partial charge in [0.05, 0.1) is 12.6 Å². The quantitative estimate of drug-likeness (QED) is 0.710. The predicted molar refractivity (Wildman–Crippen MR) is 35.5 cm³/mol. The van der Waals surface area contributed by atoms with Crippen LogP contribution in [0.1, 0.15) is 6.92 Å². The second-order valence-corrected chi connectivity index (χ2v) is 2.69. The van der Waals surface area contributed by atoms with E-state index in [1.807, 2.05) is 0 Å². The SMILES string of the molecule is CC(F)(F)[C@@H](N)COCC(F)(F)F. The molecule has 0 aromatic heterocycles. The summed E-state index contributed by atoms with van der Waals surface area (Å²) in [6, 6.07) is -1.71. The third-order valence-corrected chi connectivity index (χ3v) is 1.21. The van der Waals surface area contributed by atoms with Crippen LogP contribution in [0, 0.1) is 0 Å². The van der Waals surface area contributed by atoms with E-state index in [-0.39, 0.29) is 0 Å². The monoisotopic (exact) mass is 207 g/mol. The van der Waals surface area contributed by atoms with Crippen molar-refractivity contribution in [1.29, 1.82) is 0 Å². The standard InChI is InChI=1S/C6H10F5NO/c1-5(7,8)4(12)2-13-3-6(9,10)11/h4H,2-3,12H2,1H3/t4-/m0/s1. The molecule has 0 heterocycles. The molecule has 0 unspecified atom stereocenters. The van der Waals surface area contributed by atoms with E-state index in [1.165, 1.54) is 0 Å². The van der Waals surface area contributed by atoms with Gasteiger partial charge in [-0.1, -0.05) is 0 Å². The highest BCUT2D eigenvalue weighted by molar-refractivity contribution is 4.74. The Morgan fingerprint density at radius 3 is 2.00 bits per heavy atom. The Hall–Kier alpha value is -0.430. The van der Waals surface area contributed by atoms with Crippen LogP contribution in [0.3, 0.4) is 0 Å². The highest BCUT2D eigenvalue weighted by Gasteiger charge is 2.33. The molecule has 0 aliphatic carbocycles. The second-order valence-electron chi connectivity index (χ2n) is 2.69. The molecule has 0 saturated heterocycles. The minimum atomic E-state index is -4.51. The van der Waals surface area contributed by atoms with Crippen molar-refractivity contribution in [3.8, 4) is 0 Å². The van der Waals surface area contributed by atoms with Gasteiger partial charge in [0.25, 0.3) is 5.92 Å². The molecule has 0 aromatic carbocycles. The van der Waals surface area contributed by atoms with Crippen molar-refractivity contribution >= 4 is 0 Å². The van der Waals surface area contributed by atoms with Crippen molar-refractivity contribution < 1.29 is 26.7 Å². The van der Waals surface area contributed by atoms with Crippen molar-refractivity contribution in [2.45, 2.75) is 25.1 Å². The Balaban J connectivity index is 3.67. The molecule has 80 valence electrons. The van der Waals surface area contributed by atoms with E-state index < -0.39 is 31.4 Å². The minimum absolute atomic E-state index is 0.522. The Morgan fingerprint density at radius 1 is 1.23 bits per heavy atom. The maximum Gasteiger partial charge on any atom is 0.411 e. The smallest absolute Gasteiger partial charge is 0.370 e. The van der Waals surface area contributed by atoms with E-state index in [0.717, 1.165) is 0 Å². The minimum Gasteiger partial charge on any atom is -0.370 e. The van der Waals surface area contributed by atoms with Gasteiger partial charge in [-0.15, -0.1) is 0 Å². The van der Waals surface area contributed by atoms with Crippen molar-refractivity contribution in [1.82, 2.24) is 0 Å². The number of rotatable bonds is 4. The van der Waals surface area contributed by atoms with Crippen LogP contribution >= 0.6 is 0 Å². The van der Waals surface area contributed by atoms with Gasteiger partial charge in [0.2, 0.25) is 0 Å². The summed E-state index contributed by atoms with van der Waals surface area (Å²) >= 11 is 0. The van der Waals surface area contributed by atoms with Crippen LogP contribution in [0.4, 0.5) is 22.0 Å². The molecule has 13 heavy (non-hydrogen) atoms. The second kappa shape index (κ2) is 4.19. The van der Waals surface area contributed by atoms with E-state index in [4.69, 9.17) is 5.73 Å². The number of alkyl halides is 5. The zero-order valence-corrected chi connectivity index (χ0v) is 6.87. The first-order valence-electron chi connectivity index (χ1n) is 3.41. The van der Waals surface area contributed by atoms with Crippen LogP contribution in [0.2, 0.25) is 0 Å². The molecule has 0 spiro atoms. The number of nitrogens with two attached hydrogens (primary N) is 1. The summed E-state index contributed by atoms with van der Waals surface area (Å²) in [5.74, 6) is -3.23. The molecule has 1 atom stereocenters. The molecule has 0 rings (SSSR count). The summed E-state index contributed by atoms with van der Waals surface area (Å²) in [5, 5.41) is 0. The Labute approximate surface area is 71.8 Å². The highest BCUT2D eigenvalue weighted by atomic mass is 19.4. The first kappa shape index (κ1) is 12.6. The van der Waals surface area contributed by atoms with E-state index >= 15 is 0 Å². The van der Waals surface area contributed by atoms with Gasteiger partial charge >= 0.3 is 6.18 Å². The lowest BCUT2D eigenvalue weighted by atomic mass is 10.2. The molecule has 0 aromatic rings. The predicted octanol–water partition coefficient (Wildman–Crippen LogP) is 1.55. The molecular weight excluding hydrogens is 197 g/mol. The molecule has 0 fully saturated rings. The first-order valence-corrected chi connectivity index (χ1v) is 3.41.